The van der Waals surface area contributed by atoms with Crippen molar-refractivity contribution in [2.24, 2.45) is 0 Å². The van der Waals surface area contributed by atoms with Gasteiger partial charge in [0.15, 0.2) is 0 Å². The second-order valence-electron chi connectivity index (χ2n) is 4.62. The predicted molar refractivity (Wildman–Crippen MR) is 73.2 cm³/mol. The summed E-state index contributed by atoms with van der Waals surface area (Å²) in [6.07, 6.45) is 0. The van der Waals surface area contributed by atoms with Crippen LogP contribution in [0.2, 0.25) is 0 Å². The Morgan fingerprint density at radius 2 is 1.47 bits per heavy atom. The minimum Gasteiger partial charge on any atom is -0.359 e. The molecule has 0 radical (unpaired) electrons. The molecule has 0 fully saturated rings. The SMILES string of the molecule is Cc1ccc(-c2ccc3[nH]c(C)cc3c2)cc1. The number of rotatable bonds is 1. The molecular weight excluding hydrogens is 206 g/mol. The molecule has 2 aromatic carbocycles. The molecule has 3 aromatic rings. The molecule has 0 amide bonds. The zero-order chi connectivity index (χ0) is 11.8. The molecule has 84 valence electrons. The summed E-state index contributed by atoms with van der Waals surface area (Å²) < 4.78 is 0. The van der Waals surface area contributed by atoms with Gasteiger partial charge in [-0.15, -0.1) is 0 Å². The molecule has 3 rings (SSSR count). The van der Waals surface area contributed by atoms with Crippen molar-refractivity contribution < 1.29 is 0 Å². The molecular formula is C16H15N. The molecule has 1 heteroatoms. The minimum atomic E-state index is 1.21. The highest BCUT2D eigenvalue weighted by atomic mass is 14.7. The maximum absolute atomic E-state index is 3.35. The van der Waals surface area contributed by atoms with Crippen LogP contribution in [0.5, 0.6) is 0 Å². The Balaban J connectivity index is 2.13. The number of H-pyrrole nitrogens is 1. The Labute approximate surface area is 101 Å². The monoisotopic (exact) mass is 221 g/mol. The van der Waals surface area contributed by atoms with Crippen LogP contribution >= 0.6 is 0 Å². The van der Waals surface area contributed by atoms with Crippen molar-refractivity contribution in [3.63, 3.8) is 0 Å². The van der Waals surface area contributed by atoms with Gasteiger partial charge < -0.3 is 4.98 Å². The lowest BCUT2D eigenvalue weighted by Crippen LogP contribution is -1.78. The first-order valence-electron chi connectivity index (χ1n) is 5.89. The van der Waals surface area contributed by atoms with Gasteiger partial charge in [0, 0.05) is 16.6 Å². The predicted octanol–water partition coefficient (Wildman–Crippen LogP) is 4.45. The second-order valence-corrected chi connectivity index (χ2v) is 4.62. The summed E-state index contributed by atoms with van der Waals surface area (Å²) in [5.41, 5.74) is 6.26. The van der Waals surface area contributed by atoms with Crippen molar-refractivity contribution in [2.75, 3.05) is 0 Å². The Hall–Kier alpha value is -2.02. The summed E-state index contributed by atoms with van der Waals surface area (Å²) >= 11 is 0. The average molecular weight is 221 g/mol. The molecule has 0 bridgehead atoms. The third-order valence-corrected chi connectivity index (χ3v) is 3.14. The van der Waals surface area contributed by atoms with Gasteiger partial charge >= 0.3 is 0 Å². The highest BCUT2D eigenvalue weighted by Gasteiger charge is 2.01. The molecule has 1 heterocycles. The van der Waals surface area contributed by atoms with Gasteiger partial charge in [0.2, 0.25) is 0 Å². The number of aryl methyl sites for hydroxylation is 2. The minimum absolute atomic E-state index is 1.21. The fourth-order valence-electron chi connectivity index (χ4n) is 2.20. The summed E-state index contributed by atoms with van der Waals surface area (Å²) in [5, 5.41) is 1.28. The lowest BCUT2D eigenvalue weighted by Gasteiger charge is -2.02. The van der Waals surface area contributed by atoms with Crippen LogP contribution < -0.4 is 0 Å². The fraction of sp³-hybridized carbons (Fsp3) is 0.125. The number of hydrogen-bond donors (Lipinski definition) is 1. The topological polar surface area (TPSA) is 15.8 Å². The van der Waals surface area contributed by atoms with E-state index in [0.717, 1.165) is 0 Å². The molecule has 0 spiro atoms. The highest BCUT2D eigenvalue weighted by molar-refractivity contribution is 5.85. The van der Waals surface area contributed by atoms with Crippen molar-refractivity contribution in [1.82, 2.24) is 4.98 Å². The van der Waals surface area contributed by atoms with E-state index in [-0.39, 0.29) is 0 Å². The van der Waals surface area contributed by atoms with Crippen LogP contribution in [0.1, 0.15) is 11.3 Å². The number of aromatic nitrogens is 1. The van der Waals surface area contributed by atoms with Gasteiger partial charge in [-0.1, -0.05) is 35.9 Å². The summed E-state index contributed by atoms with van der Waals surface area (Å²) in [5.74, 6) is 0. The largest absolute Gasteiger partial charge is 0.359 e. The van der Waals surface area contributed by atoms with Crippen molar-refractivity contribution in [1.29, 1.82) is 0 Å². The molecule has 1 aromatic heterocycles. The molecule has 0 aliphatic carbocycles. The molecule has 1 nitrogen and oxygen atoms in total. The Bertz CT molecular complexity index is 660. The van der Waals surface area contributed by atoms with Crippen molar-refractivity contribution in [3.8, 4) is 11.1 Å². The number of aromatic amines is 1. The molecule has 17 heavy (non-hydrogen) atoms. The number of fused-ring (bicyclic) bond motifs is 1. The van der Waals surface area contributed by atoms with Crippen LogP contribution in [0.25, 0.3) is 22.0 Å². The lowest BCUT2D eigenvalue weighted by molar-refractivity contribution is 1.30. The van der Waals surface area contributed by atoms with E-state index in [1.165, 1.54) is 33.3 Å². The van der Waals surface area contributed by atoms with Gasteiger partial charge in [-0.3, -0.25) is 0 Å². The number of hydrogen-bond acceptors (Lipinski definition) is 0. The van der Waals surface area contributed by atoms with Gasteiger partial charge in [-0.2, -0.15) is 0 Å². The Morgan fingerprint density at radius 1 is 0.765 bits per heavy atom. The van der Waals surface area contributed by atoms with Crippen LogP contribution in [-0.2, 0) is 0 Å². The van der Waals surface area contributed by atoms with Gasteiger partial charge in [0.05, 0.1) is 0 Å². The molecule has 1 N–H and O–H groups in total. The first-order valence-corrected chi connectivity index (χ1v) is 5.89. The van der Waals surface area contributed by atoms with Gasteiger partial charge in [0.1, 0.15) is 0 Å². The van der Waals surface area contributed by atoms with E-state index in [2.05, 4.69) is 67.4 Å². The maximum atomic E-state index is 3.35. The van der Waals surface area contributed by atoms with Crippen molar-refractivity contribution in [2.45, 2.75) is 13.8 Å². The van der Waals surface area contributed by atoms with Gasteiger partial charge in [-0.25, -0.2) is 0 Å². The molecule has 0 aliphatic rings. The fourth-order valence-corrected chi connectivity index (χ4v) is 2.20. The highest BCUT2D eigenvalue weighted by Crippen LogP contribution is 2.25. The molecule has 0 unspecified atom stereocenters. The van der Waals surface area contributed by atoms with Crippen LogP contribution in [0, 0.1) is 13.8 Å². The number of nitrogens with one attached hydrogen (secondary N) is 1. The van der Waals surface area contributed by atoms with E-state index in [4.69, 9.17) is 0 Å². The summed E-state index contributed by atoms with van der Waals surface area (Å²) in [6, 6.07) is 17.4. The summed E-state index contributed by atoms with van der Waals surface area (Å²) in [4.78, 5) is 3.35. The molecule has 0 atom stereocenters. The first-order chi connectivity index (χ1) is 8.22. The van der Waals surface area contributed by atoms with Crippen molar-refractivity contribution in [3.05, 3.63) is 59.8 Å². The Morgan fingerprint density at radius 3 is 2.24 bits per heavy atom. The van der Waals surface area contributed by atoms with E-state index in [1.807, 2.05) is 0 Å². The smallest absolute Gasteiger partial charge is 0.0456 e. The zero-order valence-electron chi connectivity index (χ0n) is 10.1. The van der Waals surface area contributed by atoms with Crippen LogP contribution in [-0.4, -0.2) is 4.98 Å². The van der Waals surface area contributed by atoms with Gasteiger partial charge in [-0.05, 0) is 43.2 Å². The van der Waals surface area contributed by atoms with E-state index < -0.39 is 0 Å². The molecule has 0 saturated carbocycles. The second kappa shape index (κ2) is 3.77. The van der Waals surface area contributed by atoms with Crippen LogP contribution in [0.3, 0.4) is 0 Å². The van der Waals surface area contributed by atoms with E-state index in [9.17, 15) is 0 Å². The van der Waals surface area contributed by atoms with E-state index in [0.29, 0.717) is 0 Å². The third kappa shape index (κ3) is 1.84. The lowest BCUT2D eigenvalue weighted by atomic mass is 10.0. The van der Waals surface area contributed by atoms with Crippen LogP contribution in [0.15, 0.2) is 48.5 Å². The standard InChI is InChI=1S/C16H15N/c1-11-3-5-13(6-4-11)14-7-8-16-15(10-14)9-12(2)17-16/h3-10,17H,1-2H3. The van der Waals surface area contributed by atoms with E-state index >= 15 is 0 Å². The molecule has 0 aliphatic heterocycles. The van der Waals surface area contributed by atoms with Crippen LogP contribution in [0.4, 0.5) is 0 Å². The number of benzene rings is 2. The average Bonchev–Trinajstić information content (AvgIpc) is 2.69. The summed E-state index contributed by atoms with van der Waals surface area (Å²) in [6.45, 7) is 4.20. The summed E-state index contributed by atoms with van der Waals surface area (Å²) in [7, 11) is 0. The van der Waals surface area contributed by atoms with Crippen molar-refractivity contribution >= 4 is 10.9 Å². The van der Waals surface area contributed by atoms with E-state index in [1.54, 1.807) is 0 Å². The Kier molecular flexibility index (Phi) is 2.25. The third-order valence-electron chi connectivity index (χ3n) is 3.14. The normalized spacial score (nSPS) is 10.9. The zero-order valence-corrected chi connectivity index (χ0v) is 10.1. The quantitative estimate of drug-likeness (QED) is 0.624. The molecule has 0 saturated heterocycles. The van der Waals surface area contributed by atoms with Gasteiger partial charge in [0.25, 0.3) is 0 Å². The first kappa shape index (κ1) is 10.2. The maximum Gasteiger partial charge on any atom is 0.0456 e.